The minimum absolute atomic E-state index is 0.131. The van der Waals surface area contributed by atoms with Crippen LogP contribution in [0.15, 0.2) is 36.4 Å². The Morgan fingerprint density at radius 3 is 2.45 bits per heavy atom. The molecule has 0 heterocycles. The van der Waals surface area contributed by atoms with Crippen molar-refractivity contribution in [2.75, 3.05) is 0 Å². The van der Waals surface area contributed by atoms with Gasteiger partial charge in [-0.15, -0.1) is 0 Å². The fraction of sp³-hybridized carbons (Fsp3) is 0.316. The molecule has 0 fully saturated rings. The van der Waals surface area contributed by atoms with Crippen molar-refractivity contribution in [3.63, 3.8) is 0 Å². The Bertz CT molecular complexity index is 679. The lowest BCUT2D eigenvalue weighted by atomic mass is 10.0. The van der Waals surface area contributed by atoms with Crippen LogP contribution in [0.25, 0.3) is 0 Å². The quantitative estimate of drug-likeness (QED) is 0.851. The first-order valence-corrected chi connectivity index (χ1v) is 8.08. The zero-order chi connectivity index (χ0) is 16.1. The molecule has 1 N–H and O–H groups in total. The van der Waals surface area contributed by atoms with Crippen molar-refractivity contribution in [2.45, 2.75) is 40.2 Å². The van der Waals surface area contributed by atoms with E-state index in [4.69, 9.17) is 11.6 Å². The van der Waals surface area contributed by atoms with E-state index in [1.54, 1.807) is 6.07 Å². The third-order valence-corrected chi connectivity index (χ3v) is 4.18. The van der Waals surface area contributed by atoms with Gasteiger partial charge in [0.15, 0.2) is 0 Å². The summed E-state index contributed by atoms with van der Waals surface area (Å²) in [5.74, 6) is -0.131. The highest BCUT2D eigenvalue weighted by Crippen LogP contribution is 2.18. The smallest absolute Gasteiger partial charge is 0.253 e. The molecule has 3 heteroatoms. The third-order valence-electron chi connectivity index (χ3n) is 3.87. The summed E-state index contributed by atoms with van der Waals surface area (Å²) >= 11 is 6.15. The van der Waals surface area contributed by atoms with Crippen LogP contribution in [0.2, 0.25) is 5.02 Å². The summed E-state index contributed by atoms with van der Waals surface area (Å²) in [6, 6.07) is 12.0. The average molecular weight is 316 g/mol. The molecule has 2 aromatic rings. The van der Waals surface area contributed by atoms with Crippen LogP contribution in [0.4, 0.5) is 0 Å². The zero-order valence-corrected chi connectivity index (χ0v) is 14.1. The summed E-state index contributed by atoms with van der Waals surface area (Å²) in [6.07, 6.45) is 1.95. The summed E-state index contributed by atoms with van der Waals surface area (Å²) in [5, 5.41) is 3.47. The number of hydrogen-bond donors (Lipinski definition) is 1. The third kappa shape index (κ3) is 3.89. The summed E-state index contributed by atoms with van der Waals surface area (Å²) in [7, 11) is 0. The molecule has 0 unspecified atom stereocenters. The molecule has 0 aliphatic rings. The van der Waals surface area contributed by atoms with E-state index >= 15 is 0 Å². The van der Waals surface area contributed by atoms with Crippen molar-refractivity contribution in [3.8, 4) is 0 Å². The molecule has 2 rings (SSSR count). The Labute approximate surface area is 137 Å². The van der Waals surface area contributed by atoms with E-state index in [1.807, 2.05) is 19.1 Å². The Morgan fingerprint density at radius 2 is 1.82 bits per heavy atom. The molecule has 0 saturated heterocycles. The van der Waals surface area contributed by atoms with E-state index in [9.17, 15) is 4.79 Å². The molecule has 0 radical (unpaired) electrons. The summed E-state index contributed by atoms with van der Waals surface area (Å²) in [5.41, 5.74) is 5.31. The van der Waals surface area contributed by atoms with E-state index in [2.05, 4.69) is 37.4 Å². The van der Waals surface area contributed by atoms with Gasteiger partial charge in [-0.3, -0.25) is 4.79 Å². The second-order valence-electron chi connectivity index (χ2n) is 5.48. The molecule has 0 aliphatic heterocycles. The van der Waals surface area contributed by atoms with Crippen LogP contribution in [0.1, 0.15) is 46.5 Å². The number of aryl methyl sites for hydroxylation is 3. The van der Waals surface area contributed by atoms with Crippen molar-refractivity contribution in [1.29, 1.82) is 0 Å². The van der Waals surface area contributed by atoms with E-state index in [1.165, 1.54) is 16.7 Å². The number of benzene rings is 2. The Kier molecular flexibility index (Phi) is 5.62. The Morgan fingerprint density at radius 1 is 1.05 bits per heavy atom. The number of rotatable bonds is 5. The summed E-state index contributed by atoms with van der Waals surface area (Å²) < 4.78 is 0. The lowest BCUT2D eigenvalue weighted by Gasteiger charge is -2.12. The minimum Gasteiger partial charge on any atom is -0.348 e. The van der Waals surface area contributed by atoms with E-state index in [0.29, 0.717) is 17.1 Å². The van der Waals surface area contributed by atoms with Gasteiger partial charge in [-0.1, -0.05) is 49.7 Å². The number of carbonyl (C=O) groups excluding carboxylic acids is 1. The molecule has 116 valence electrons. The van der Waals surface area contributed by atoms with Crippen LogP contribution in [0, 0.1) is 6.92 Å². The highest BCUT2D eigenvalue weighted by atomic mass is 35.5. The summed E-state index contributed by atoms with van der Waals surface area (Å²) in [6.45, 7) is 6.75. The SMILES string of the molecule is CCc1ccc(CC)c(CNC(=O)c2ccc(C)cc2Cl)c1. The topological polar surface area (TPSA) is 29.1 Å². The fourth-order valence-corrected chi connectivity index (χ4v) is 2.80. The molecule has 0 saturated carbocycles. The van der Waals surface area contributed by atoms with Gasteiger partial charge in [-0.05, 0) is 54.2 Å². The van der Waals surface area contributed by atoms with Crippen LogP contribution in [-0.4, -0.2) is 5.91 Å². The molecule has 2 aromatic carbocycles. The molecule has 22 heavy (non-hydrogen) atoms. The van der Waals surface area contributed by atoms with Gasteiger partial charge in [0.05, 0.1) is 10.6 Å². The molecular formula is C19H22ClNO. The van der Waals surface area contributed by atoms with Crippen LogP contribution >= 0.6 is 11.6 Å². The van der Waals surface area contributed by atoms with Crippen molar-refractivity contribution in [1.82, 2.24) is 5.32 Å². The van der Waals surface area contributed by atoms with Crippen LogP contribution in [0.3, 0.4) is 0 Å². The van der Waals surface area contributed by atoms with Crippen molar-refractivity contribution >= 4 is 17.5 Å². The molecular weight excluding hydrogens is 294 g/mol. The minimum atomic E-state index is -0.131. The molecule has 2 nitrogen and oxygen atoms in total. The molecule has 0 atom stereocenters. The highest BCUT2D eigenvalue weighted by Gasteiger charge is 2.11. The van der Waals surface area contributed by atoms with Gasteiger partial charge in [0.25, 0.3) is 5.91 Å². The highest BCUT2D eigenvalue weighted by molar-refractivity contribution is 6.33. The maximum Gasteiger partial charge on any atom is 0.253 e. The van der Waals surface area contributed by atoms with Crippen molar-refractivity contribution < 1.29 is 4.79 Å². The second-order valence-corrected chi connectivity index (χ2v) is 5.88. The maximum atomic E-state index is 12.3. The number of nitrogens with one attached hydrogen (secondary N) is 1. The van der Waals surface area contributed by atoms with E-state index in [0.717, 1.165) is 18.4 Å². The lowest BCUT2D eigenvalue weighted by molar-refractivity contribution is 0.0951. The average Bonchev–Trinajstić information content (AvgIpc) is 2.52. The van der Waals surface area contributed by atoms with Gasteiger partial charge < -0.3 is 5.32 Å². The second kappa shape index (κ2) is 7.46. The lowest BCUT2D eigenvalue weighted by Crippen LogP contribution is -2.23. The van der Waals surface area contributed by atoms with Crippen LogP contribution in [0.5, 0.6) is 0 Å². The van der Waals surface area contributed by atoms with Crippen molar-refractivity contribution in [3.05, 3.63) is 69.2 Å². The largest absolute Gasteiger partial charge is 0.348 e. The summed E-state index contributed by atoms with van der Waals surface area (Å²) in [4.78, 5) is 12.3. The standard InChI is InChI=1S/C19H22ClNO/c1-4-14-7-8-15(5-2)16(11-14)12-21-19(22)17-9-6-13(3)10-18(17)20/h6-11H,4-5,12H2,1-3H3,(H,21,22). The number of amides is 1. The van der Waals surface area contributed by atoms with Gasteiger partial charge >= 0.3 is 0 Å². The molecule has 0 aliphatic carbocycles. The molecule has 1 amide bonds. The first kappa shape index (κ1) is 16.6. The maximum absolute atomic E-state index is 12.3. The van der Waals surface area contributed by atoms with E-state index < -0.39 is 0 Å². The van der Waals surface area contributed by atoms with Gasteiger partial charge in [-0.2, -0.15) is 0 Å². The molecule has 0 aromatic heterocycles. The predicted molar refractivity (Wildman–Crippen MR) is 92.6 cm³/mol. The normalized spacial score (nSPS) is 10.5. The van der Waals surface area contributed by atoms with Gasteiger partial charge in [0.2, 0.25) is 0 Å². The Hall–Kier alpha value is -1.80. The van der Waals surface area contributed by atoms with Crippen LogP contribution in [-0.2, 0) is 19.4 Å². The van der Waals surface area contributed by atoms with Crippen LogP contribution < -0.4 is 5.32 Å². The van der Waals surface area contributed by atoms with Crippen molar-refractivity contribution in [2.24, 2.45) is 0 Å². The van der Waals surface area contributed by atoms with Gasteiger partial charge in [0.1, 0.15) is 0 Å². The number of carbonyl (C=O) groups is 1. The van der Waals surface area contributed by atoms with E-state index in [-0.39, 0.29) is 5.91 Å². The molecule has 0 bridgehead atoms. The predicted octanol–water partition coefficient (Wildman–Crippen LogP) is 4.70. The number of halogens is 1. The zero-order valence-electron chi connectivity index (χ0n) is 13.4. The first-order chi connectivity index (χ1) is 10.5. The fourth-order valence-electron chi connectivity index (χ4n) is 2.48. The number of hydrogen-bond acceptors (Lipinski definition) is 1. The first-order valence-electron chi connectivity index (χ1n) is 7.70. The molecule has 0 spiro atoms. The monoisotopic (exact) mass is 315 g/mol. The Balaban J connectivity index is 2.13. The van der Waals surface area contributed by atoms with Gasteiger partial charge in [-0.25, -0.2) is 0 Å². The van der Waals surface area contributed by atoms with Gasteiger partial charge in [0, 0.05) is 6.54 Å².